The quantitative estimate of drug-likeness (QED) is 0.00562. The minimum absolute atomic E-state index is 0.00268. The molecule has 0 bridgehead atoms. The van der Waals surface area contributed by atoms with Crippen LogP contribution >= 0.6 is 46.2 Å². The fourth-order valence-electron chi connectivity index (χ4n) is 11.0. The van der Waals surface area contributed by atoms with Crippen LogP contribution in [0.3, 0.4) is 0 Å². The Labute approximate surface area is 717 Å². The summed E-state index contributed by atoms with van der Waals surface area (Å²) in [6.07, 6.45) is -0.976. The van der Waals surface area contributed by atoms with E-state index in [-0.39, 0.29) is 65.7 Å². The van der Waals surface area contributed by atoms with E-state index in [9.17, 15) is 58.4 Å². The Morgan fingerprint density at radius 1 is 0.731 bits per heavy atom. The molecule has 3 amide bonds. The summed E-state index contributed by atoms with van der Waals surface area (Å²) in [5.74, 6) is 4.84. The first-order valence-electron chi connectivity index (χ1n) is 39.4. The number of Topliss-reactive ketones (excluding diaryl/α,β-unsaturated/α-hetero) is 1. The van der Waals surface area contributed by atoms with Gasteiger partial charge in [-0.25, -0.2) is 23.3 Å². The van der Waals surface area contributed by atoms with Crippen LogP contribution in [0.1, 0.15) is 152 Å². The van der Waals surface area contributed by atoms with Crippen LogP contribution in [0.25, 0.3) is 10.6 Å². The van der Waals surface area contributed by atoms with Crippen molar-refractivity contribution in [3.8, 4) is 45.1 Å². The molecule has 30 nitrogen and oxygen atoms in total. The summed E-state index contributed by atoms with van der Waals surface area (Å²) < 4.78 is 57.5. The molecular weight excluding hydrogens is 1630 g/mol. The molecule has 119 heavy (non-hydrogen) atoms. The van der Waals surface area contributed by atoms with Gasteiger partial charge in [-0.1, -0.05) is 74.1 Å². The second-order valence-corrected chi connectivity index (χ2v) is 37.3. The zero-order chi connectivity index (χ0) is 88.2. The average Bonchev–Trinajstić information content (AvgIpc) is 1.80. The van der Waals surface area contributed by atoms with Crippen LogP contribution in [0, 0.1) is 17.0 Å². The van der Waals surface area contributed by atoms with Gasteiger partial charge in [0.2, 0.25) is 10.0 Å². The molecule has 0 spiro atoms. The minimum atomic E-state index is -3.82. The molecule has 9 rings (SSSR count). The molecule has 7 aromatic rings. The lowest BCUT2D eigenvalue weighted by molar-refractivity contribution is -0.769. The van der Waals surface area contributed by atoms with Crippen molar-refractivity contribution in [3.63, 3.8) is 0 Å². The molecule has 0 saturated carbocycles. The highest BCUT2D eigenvalue weighted by atomic mass is 32.2. The highest BCUT2D eigenvalue weighted by molar-refractivity contribution is 8.01. The maximum atomic E-state index is 12.2. The first-order chi connectivity index (χ1) is 56.0. The SMILES string of the molecule is CC(C)(C)NCC(O)COc1cccc2c1SCCC2.CC(C)(C)NCC(O)CSc1nc(-c2ccc(C(N)=O)s2)cs1.CC(C)NCC(O)COc1cccc2c1OCC(O[N+](=O)[O-])C2.CCN(CC)C(=O)Nc1ccc(OCC(O)CNC(C)(C)C)c(C(C)=O)c1.COc1ccccc1OCCNCC(O)c1ccc(C)c(S(N)(=O)=O)c1. The van der Waals surface area contributed by atoms with Crippen molar-refractivity contribution in [2.45, 2.75) is 197 Å². The number of hydrogen-bond donors (Lipinski definition) is 13. The molecule has 0 saturated heterocycles. The second-order valence-electron chi connectivity index (χ2n) is 31.4. The van der Waals surface area contributed by atoms with Crippen LogP contribution < -0.4 is 71.2 Å². The summed E-state index contributed by atoms with van der Waals surface area (Å²) in [7, 11) is -2.24. The number of carbonyl (C=O) groups excluding carboxylic acids is 3. The van der Waals surface area contributed by atoms with E-state index in [2.05, 4.69) is 89.3 Å². The van der Waals surface area contributed by atoms with Crippen molar-refractivity contribution in [2.75, 3.05) is 109 Å². The number of methoxy groups -OCH3 is 1. The number of thiophene rings is 1. The van der Waals surface area contributed by atoms with Gasteiger partial charge in [0.05, 0.1) is 50.1 Å². The fourth-order valence-corrected chi connectivity index (χ4v) is 15.6. The number of hydrogen-bond acceptors (Lipinski definition) is 29. The number of β-amino-alcohol motifs (C(OH)–C–C–N with tert-alkyl or cyclic N) is 3. The zero-order valence-corrected chi connectivity index (χ0v) is 75.3. The van der Waals surface area contributed by atoms with Crippen molar-refractivity contribution < 1.29 is 86.7 Å². The number of thiazole rings is 1. The Morgan fingerprint density at radius 2 is 1.32 bits per heavy atom. The Bertz CT molecular complexity index is 4380. The third kappa shape index (κ3) is 38.8. The third-order valence-electron chi connectivity index (χ3n) is 17.2. The van der Waals surface area contributed by atoms with E-state index in [4.69, 9.17) is 39.3 Å². The maximum absolute atomic E-state index is 12.2. The lowest BCUT2D eigenvalue weighted by Crippen LogP contribution is -2.42. The van der Waals surface area contributed by atoms with E-state index >= 15 is 0 Å². The van der Waals surface area contributed by atoms with E-state index in [1.807, 2.05) is 114 Å². The zero-order valence-electron chi connectivity index (χ0n) is 71.2. The van der Waals surface area contributed by atoms with Crippen LogP contribution in [0.4, 0.5) is 10.5 Å². The van der Waals surface area contributed by atoms with Crippen LogP contribution in [0.15, 0.2) is 129 Å². The van der Waals surface area contributed by atoms with Crippen LogP contribution in [-0.4, -0.2) is 224 Å². The number of fused-ring (bicyclic) bond motifs is 2. The van der Waals surface area contributed by atoms with Crippen molar-refractivity contribution in [1.82, 2.24) is 36.5 Å². The number of rotatable bonds is 38. The number of primary amides is 1. The van der Waals surface area contributed by atoms with E-state index in [0.29, 0.717) is 127 Å². The first-order valence-corrected chi connectivity index (χ1v) is 44.6. The Morgan fingerprint density at radius 3 is 1.90 bits per heavy atom. The molecule has 5 aromatic carbocycles. The topological polar surface area (TPSA) is 435 Å². The molecule has 2 aliphatic rings. The van der Waals surface area contributed by atoms with Gasteiger partial charge >= 0.3 is 6.03 Å². The highest BCUT2D eigenvalue weighted by Gasteiger charge is 2.27. The number of aliphatic hydroxyl groups excluding tert-OH is 5. The normalized spacial score (nSPS) is 14.4. The number of anilines is 1. The number of ether oxygens (including phenoxy) is 6. The largest absolute Gasteiger partial charge is 0.493 e. The maximum Gasteiger partial charge on any atom is 0.321 e. The predicted octanol–water partition coefficient (Wildman–Crippen LogP) is 10.8. The fraction of sp³-hybridized carbons (Fsp3) is 0.524. The monoisotopic (exact) mass is 1750 g/mol. The van der Waals surface area contributed by atoms with Crippen molar-refractivity contribution in [3.05, 3.63) is 157 Å². The number of para-hydroxylation sites is 3. The number of primary sulfonamides is 1. The Hall–Kier alpha value is -7.95. The number of aromatic nitrogens is 1. The number of ketones is 1. The number of aliphatic hydroxyl groups is 5. The number of nitrogens with one attached hydrogen (secondary N) is 6. The summed E-state index contributed by atoms with van der Waals surface area (Å²) in [6.45, 7) is 34.3. The molecule has 0 aliphatic carbocycles. The minimum Gasteiger partial charge on any atom is -0.493 e. The van der Waals surface area contributed by atoms with Gasteiger partial charge in [-0.15, -0.1) is 44.5 Å². The predicted molar refractivity (Wildman–Crippen MR) is 472 cm³/mol. The van der Waals surface area contributed by atoms with Crippen molar-refractivity contribution in [2.24, 2.45) is 10.9 Å². The molecule has 35 heteroatoms. The summed E-state index contributed by atoms with van der Waals surface area (Å²) in [4.78, 5) is 59.2. The van der Waals surface area contributed by atoms with Gasteiger partial charge in [-0.3, -0.25) is 9.59 Å². The number of thioether (sulfide) groups is 2. The summed E-state index contributed by atoms with van der Waals surface area (Å²) >= 11 is 6.28. The number of sulfonamides is 1. The van der Waals surface area contributed by atoms with Crippen LogP contribution in [-0.2, 0) is 27.7 Å². The summed E-state index contributed by atoms with van der Waals surface area (Å²) in [5, 5.41) is 85.7. The smallest absolute Gasteiger partial charge is 0.321 e. The molecular formula is C84H125N11O19S5. The Balaban J connectivity index is 0.000000266. The van der Waals surface area contributed by atoms with E-state index < -0.39 is 57.6 Å². The summed E-state index contributed by atoms with van der Waals surface area (Å²) in [6, 6.07) is 32.2. The lowest BCUT2D eigenvalue weighted by Gasteiger charge is -2.25. The number of benzene rings is 5. The van der Waals surface area contributed by atoms with Gasteiger partial charge in [-0.05, 0) is 186 Å². The van der Waals surface area contributed by atoms with Gasteiger partial charge in [0, 0.05) is 104 Å². The number of nitrogens with zero attached hydrogens (tertiary/aromatic N) is 3. The van der Waals surface area contributed by atoms with E-state index in [1.54, 1.807) is 67.5 Å². The second kappa shape index (κ2) is 50.5. The number of urea groups is 1. The molecule has 0 radical (unpaired) electrons. The van der Waals surface area contributed by atoms with E-state index in [0.717, 1.165) is 38.4 Å². The van der Waals surface area contributed by atoms with Crippen LogP contribution in [0.2, 0.25) is 0 Å². The van der Waals surface area contributed by atoms with Gasteiger partial charge in [-0.2, -0.15) is 0 Å². The Kier molecular flexibility index (Phi) is 43.1. The van der Waals surface area contributed by atoms with Gasteiger partial charge in [0.15, 0.2) is 33.1 Å². The molecule has 0 fully saturated rings. The number of nitrogens with two attached hydrogens (primary N) is 2. The lowest BCUT2D eigenvalue weighted by atomic mass is 10.0. The van der Waals surface area contributed by atoms with Crippen molar-refractivity contribution in [1.29, 1.82) is 0 Å². The van der Waals surface area contributed by atoms with Crippen LogP contribution in [0.5, 0.6) is 34.5 Å². The van der Waals surface area contributed by atoms with Gasteiger partial charge < -0.3 is 101 Å². The first kappa shape index (κ1) is 102. The number of carbonyl (C=O) groups is 3. The highest BCUT2D eigenvalue weighted by Crippen LogP contribution is 2.39. The van der Waals surface area contributed by atoms with Gasteiger partial charge in [0.25, 0.3) is 11.0 Å². The van der Waals surface area contributed by atoms with Gasteiger partial charge in [0.1, 0.15) is 68.9 Å². The molecule has 6 atom stereocenters. The number of aryl methyl sites for hydroxylation is 2. The molecule has 2 aliphatic heterocycles. The standard InChI is InChI=1S/C20H33N3O4.C18H24N2O5S.C16H25NO2S.C15H21N3O2S3.C15H22N2O6/c1-7-23(8-2)19(26)22-15-9-10-18(17(11-15)14(3)24)27-13-16(25)12-21-20(4,5)6;1-13-7-8-14(11-18(13)26(19,22)23)15(21)12-20-9-10-25-17-6-4-3-5-16(17)24-2;1-16(2,3)17-10-13(18)11-19-14-8-4-6-12-7-5-9-20-15(12)14;1-15(2,3)17-6-9(19)7-21-14-18-10(8-22-14)11-4-5-12(23-11)13(16)20;1-10(2)16-7-12(18)8-21-14-5-3-4-11-6-13(23-17(19)20)9-22-15(11)14/h9-11,16,21,25H,7-8,12-13H2,1-6H3,(H,22,26);3-8,11,15,20-21H,9-10,12H2,1-2H3,(H2,19,22,23);4,6,8,13,17-18H,5,7,9-11H2,1-3H3;4-5,8-9,17,19H,6-7H2,1-3H3,(H2,16,20);3-5,10,12-13,16,18H,6-9H2,1-2H3. The molecule has 4 heterocycles. The summed E-state index contributed by atoms with van der Waals surface area (Å²) in [5.41, 5.74) is 10.1. The number of amides is 3. The molecule has 2 aromatic heterocycles. The molecule has 660 valence electrons. The third-order valence-corrected chi connectivity index (χ3v) is 22.8. The molecule has 6 unspecified atom stereocenters. The van der Waals surface area contributed by atoms with E-state index in [1.165, 1.54) is 64.3 Å². The molecule has 15 N–H and O–H groups in total. The average molecular weight is 1750 g/mol. The van der Waals surface area contributed by atoms with Crippen molar-refractivity contribution >= 4 is 79.6 Å².